The number of thiazole rings is 1. The molecule has 23 heavy (non-hydrogen) atoms. The molecule has 0 atom stereocenters. The lowest BCUT2D eigenvalue weighted by molar-refractivity contribution is 0.0998. The van der Waals surface area contributed by atoms with Crippen LogP contribution in [0.3, 0.4) is 0 Å². The summed E-state index contributed by atoms with van der Waals surface area (Å²) >= 11 is 1.34. The van der Waals surface area contributed by atoms with E-state index in [1.807, 2.05) is 32.0 Å². The third-order valence-electron chi connectivity index (χ3n) is 3.59. The minimum Gasteiger partial charge on any atom is -0.314 e. The second-order valence-corrected chi connectivity index (χ2v) is 6.41. The van der Waals surface area contributed by atoms with Gasteiger partial charge in [0.1, 0.15) is 5.82 Å². The van der Waals surface area contributed by atoms with E-state index in [0.29, 0.717) is 22.4 Å². The number of fused-ring (bicyclic) bond motifs is 1. The van der Waals surface area contributed by atoms with E-state index in [4.69, 9.17) is 0 Å². The molecule has 0 spiro atoms. The Morgan fingerprint density at radius 2 is 1.96 bits per heavy atom. The minimum atomic E-state index is -0.304. The molecule has 3 rings (SSSR count). The quantitative estimate of drug-likeness (QED) is 0.706. The molecule has 0 aliphatic carbocycles. The van der Waals surface area contributed by atoms with E-state index in [1.165, 1.54) is 17.4 Å². The van der Waals surface area contributed by atoms with Gasteiger partial charge in [-0.2, -0.15) is 4.99 Å². The highest BCUT2D eigenvalue weighted by atomic mass is 32.1. The van der Waals surface area contributed by atoms with Gasteiger partial charge in [0.05, 0.1) is 10.2 Å². The van der Waals surface area contributed by atoms with Crippen molar-refractivity contribution in [1.29, 1.82) is 0 Å². The van der Waals surface area contributed by atoms with Crippen molar-refractivity contribution in [3.8, 4) is 0 Å². The SMILES string of the molecule is CCCn1c(=NC(=O)c2ccc(C)cc2)sc2cccc(F)c21. The molecule has 0 unspecified atom stereocenters. The number of amides is 1. The van der Waals surface area contributed by atoms with E-state index in [2.05, 4.69) is 4.99 Å². The van der Waals surface area contributed by atoms with Gasteiger partial charge >= 0.3 is 0 Å². The number of hydrogen-bond donors (Lipinski definition) is 0. The molecule has 2 aromatic carbocycles. The van der Waals surface area contributed by atoms with Crippen molar-refractivity contribution in [1.82, 2.24) is 4.57 Å². The van der Waals surface area contributed by atoms with Gasteiger partial charge in [0.15, 0.2) is 4.80 Å². The van der Waals surface area contributed by atoms with Crippen molar-refractivity contribution in [3.05, 3.63) is 64.2 Å². The van der Waals surface area contributed by atoms with Crippen molar-refractivity contribution >= 4 is 27.5 Å². The fourth-order valence-corrected chi connectivity index (χ4v) is 3.52. The zero-order chi connectivity index (χ0) is 16.4. The van der Waals surface area contributed by atoms with E-state index < -0.39 is 0 Å². The lowest BCUT2D eigenvalue weighted by Crippen LogP contribution is -2.17. The highest BCUT2D eigenvalue weighted by Gasteiger charge is 2.11. The van der Waals surface area contributed by atoms with Crippen LogP contribution in [0.4, 0.5) is 4.39 Å². The van der Waals surface area contributed by atoms with Gasteiger partial charge in [-0.05, 0) is 37.6 Å². The summed E-state index contributed by atoms with van der Waals surface area (Å²) < 4.78 is 16.7. The molecule has 0 saturated carbocycles. The van der Waals surface area contributed by atoms with Gasteiger partial charge < -0.3 is 4.57 Å². The molecule has 1 heterocycles. The van der Waals surface area contributed by atoms with Crippen LogP contribution in [-0.4, -0.2) is 10.5 Å². The maximum atomic E-state index is 14.1. The number of halogens is 1. The Balaban J connectivity index is 2.14. The fraction of sp³-hybridized carbons (Fsp3) is 0.222. The van der Waals surface area contributed by atoms with E-state index in [1.54, 1.807) is 22.8 Å². The smallest absolute Gasteiger partial charge is 0.279 e. The first-order chi connectivity index (χ1) is 11.1. The largest absolute Gasteiger partial charge is 0.314 e. The topological polar surface area (TPSA) is 34.4 Å². The van der Waals surface area contributed by atoms with E-state index in [-0.39, 0.29) is 11.7 Å². The highest BCUT2D eigenvalue weighted by Crippen LogP contribution is 2.20. The first-order valence-corrected chi connectivity index (χ1v) is 8.35. The van der Waals surface area contributed by atoms with Crippen LogP contribution in [-0.2, 0) is 6.54 Å². The van der Waals surface area contributed by atoms with Gasteiger partial charge in [0.25, 0.3) is 5.91 Å². The number of benzene rings is 2. The number of para-hydroxylation sites is 1. The number of aryl methyl sites for hydroxylation is 2. The van der Waals surface area contributed by atoms with Crippen LogP contribution < -0.4 is 4.80 Å². The molecule has 3 aromatic rings. The Hall–Kier alpha value is -2.27. The summed E-state index contributed by atoms with van der Waals surface area (Å²) in [7, 11) is 0. The second kappa shape index (κ2) is 6.46. The molecule has 3 nitrogen and oxygen atoms in total. The minimum absolute atomic E-state index is 0.281. The molecular formula is C18H17FN2OS. The Labute approximate surface area is 137 Å². The van der Waals surface area contributed by atoms with E-state index in [9.17, 15) is 9.18 Å². The molecule has 118 valence electrons. The van der Waals surface area contributed by atoms with Gasteiger partial charge in [0, 0.05) is 12.1 Å². The molecule has 1 amide bonds. The van der Waals surface area contributed by atoms with Crippen LogP contribution in [0, 0.1) is 12.7 Å². The Morgan fingerprint density at radius 3 is 2.65 bits per heavy atom. The second-order valence-electron chi connectivity index (χ2n) is 5.41. The number of hydrogen-bond acceptors (Lipinski definition) is 2. The number of nitrogens with zero attached hydrogens (tertiary/aromatic N) is 2. The Bertz CT molecular complexity index is 922. The van der Waals surface area contributed by atoms with Crippen LogP contribution in [0.15, 0.2) is 47.5 Å². The maximum absolute atomic E-state index is 14.1. The van der Waals surface area contributed by atoms with Crippen molar-refractivity contribution < 1.29 is 9.18 Å². The van der Waals surface area contributed by atoms with Crippen molar-refractivity contribution in [2.75, 3.05) is 0 Å². The lowest BCUT2D eigenvalue weighted by atomic mass is 10.1. The zero-order valence-electron chi connectivity index (χ0n) is 13.0. The van der Waals surface area contributed by atoms with E-state index in [0.717, 1.165) is 16.7 Å². The molecule has 0 radical (unpaired) electrons. The fourth-order valence-electron chi connectivity index (χ4n) is 2.45. The lowest BCUT2D eigenvalue weighted by Gasteiger charge is -2.03. The summed E-state index contributed by atoms with van der Waals surface area (Å²) in [5, 5.41) is 0. The average Bonchev–Trinajstić information content (AvgIpc) is 2.87. The molecule has 1 aromatic heterocycles. The summed E-state index contributed by atoms with van der Waals surface area (Å²) in [6, 6.07) is 12.3. The molecule has 0 N–H and O–H groups in total. The van der Waals surface area contributed by atoms with Gasteiger partial charge in [-0.15, -0.1) is 0 Å². The summed E-state index contributed by atoms with van der Waals surface area (Å²) in [5.74, 6) is -0.585. The van der Waals surface area contributed by atoms with E-state index >= 15 is 0 Å². The van der Waals surface area contributed by atoms with Crippen LogP contribution in [0.25, 0.3) is 10.2 Å². The Kier molecular flexibility index (Phi) is 4.39. The molecule has 0 bridgehead atoms. The summed E-state index contributed by atoms with van der Waals surface area (Å²) in [5.41, 5.74) is 2.15. The normalized spacial score (nSPS) is 12.0. The van der Waals surface area contributed by atoms with Crippen molar-refractivity contribution in [2.24, 2.45) is 4.99 Å². The highest BCUT2D eigenvalue weighted by molar-refractivity contribution is 7.16. The molecular weight excluding hydrogens is 311 g/mol. The van der Waals surface area contributed by atoms with Crippen LogP contribution >= 0.6 is 11.3 Å². The van der Waals surface area contributed by atoms with Crippen LogP contribution in [0.2, 0.25) is 0 Å². The van der Waals surface area contributed by atoms with Crippen LogP contribution in [0.5, 0.6) is 0 Å². The first-order valence-electron chi connectivity index (χ1n) is 7.53. The number of rotatable bonds is 3. The molecule has 0 fully saturated rings. The average molecular weight is 328 g/mol. The van der Waals surface area contributed by atoms with Gasteiger partial charge in [-0.1, -0.05) is 42.0 Å². The third kappa shape index (κ3) is 3.10. The summed E-state index contributed by atoms with van der Waals surface area (Å²) in [4.78, 5) is 17.1. The summed E-state index contributed by atoms with van der Waals surface area (Å²) in [6.07, 6.45) is 0.839. The maximum Gasteiger partial charge on any atom is 0.279 e. The Morgan fingerprint density at radius 1 is 1.22 bits per heavy atom. The van der Waals surface area contributed by atoms with Crippen molar-refractivity contribution in [2.45, 2.75) is 26.8 Å². The number of aromatic nitrogens is 1. The predicted octanol–water partition coefficient (Wildman–Crippen LogP) is 4.30. The molecule has 0 aliphatic rings. The van der Waals surface area contributed by atoms with Gasteiger partial charge in [-0.25, -0.2) is 4.39 Å². The van der Waals surface area contributed by atoms with Gasteiger partial charge in [0.2, 0.25) is 0 Å². The van der Waals surface area contributed by atoms with Crippen molar-refractivity contribution in [3.63, 3.8) is 0 Å². The number of carbonyl (C=O) groups is 1. The van der Waals surface area contributed by atoms with Crippen LogP contribution in [0.1, 0.15) is 29.3 Å². The number of carbonyl (C=O) groups excluding carboxylic acids is 1. The molecule has 5 heteroatoms. The first kappa shape index (κ1) is 15.6. The molecule has 0 saturated heterocycles. The zero-order valence-corrected chi connectivity index (χ0v) is 13.9. The summed E-state index contributed by atoms with van der Waals surface area (Å²) in [6.45, 7) is 4.61. The monoisotopic (exact) mass is 328 g/mol. The third-order valence-corrected chi connectivity index (χ3v) is 4.64. The van der Waals surface area contributed by atoms with Gasteiger partial charge in [-0.3, -0.25) is 4.79 Å². The standard InChI is InChI=1S/C18H17FN2OS/c1-3-11-21-16-14(19)5-4-6-15(16)23-18(21)20-17(22)13-9-7-12(2)8-10-13/h4-10H,3,11H2,1-2H3. The molecule has 0 aliphatic heterocycles. The predicted molar refractivity (Wildman–Crippen MR) is 91.1 cm³/mol.